The van der Waals surface area contributed by atoms with Crippen molar-refractivity contribution in [1.29, 1.82) is 0 Å². The molecule has 0 aromatic carbocycles. The van der Waals surface area contributed by atoms with Crippen LogP contribution in [0.15, 0.2) is 12.7 Å². The van der Waals surface area contributed by atoms with E-state index in [2.05, 4.69) is 19.5 Å². The maximum atomic E-state index is 10.7. The summed E-state index contributed by atoms with van der Waals surface area (Å²) >= 11 is 0. The first-order valence-corrected chi connectivity index (χ1v) is 11.9. The predicted octanol–water partition coefficient (Wildman–Crippen LogP) is -0.588. The van der Waals surface area contributed by atoms with Crippen molar-refractivity contribution in [3.05, 3.63) is 12.7 Å². The third-order valence-corrected chi connectivity index (χ3v) is 5.34. The fraction of sp³-hybridized carbons (Fsp3) is 0.722. The van der Waals surface area contributed by atoms with Gasteiger partial charge in [-0.25, -0.2) is 19.5 Å². The molecule has 0 amide bonds. The van der Waals surface area contributed by atoms with Crippen molar-refractivity contribution < 1.29 is 38.9 Å². The third kappa shape index (κ3) is 8.21. The van der Waals surface area contributed by atoms with Crippen molar-refractivity contribution in [3.8, 4) is 0 Å². The maximum absolute atomic E-state index is 10.7. The minimum absolute atomic E-state index is 0.142. The largest absolute Gasteiger partial charge is 0.469 e. The number of phosphoric acid groups is 1. The van der Waals surface area contributed by atoms with Crippen LogP contribution >= 0.6 is 7.82 Å². The molecule has 0 radical (unpaired) electrons. The zero-order valence-electron chi connectivity index (χ0n) is 18.7. The van der Waals surface area contributed by atoms with E-state index >= 15 is 0 Å². The number of hydrogen-bond acceptors (Lipinski definition) is 11. The zero-order valence-corrected chi connectivity index (χ0v) is 19.6. The molecule has 1 saturated heterocycles. The molecule has 5 atom stereocenters. The molecule has 33 heavy (non-hydrogen) atoms. The molecule has 15 heteroatoms. The molecule has 0 spiro atoms. The summed E-state index contributed by atoms with van der Waals surface area (Å²) in [5.74, 6) is 0.142. The van der Waals surface area contributed by atoms with Gasteiger partial charge in [-0.2, -0.15) is 0 Å². The molecule has 0 aliphatic carbocycles. The summed E-state index contributed by atoms with van der Waals surface area (Å²) in [4.78, 5) is 29.2. The van der Waals surface area contributed by atoms with E-state index in [0.29, 0.717) is 5.52 Å². The molecule has 0 bridgehead atoms. The van der Waals surface area contributed by atoms with Crippen molar-refractivity contribution in [3.63, 3.8) is 0 Å². The highest BCUT2D eigenvalue weighted by atomic mass is 31.2. The van der Waals surface area contributed by atoms with E-state index in [0.717, 1.165) is 19.3 Å². The van der Waals surface area contributed by atoms with E-state index in [4.69, 9.17) is 26.0 Å². The number of nitrogens with two attached hydrogens (primary N) is 2. The van der Waals surface area contributed by atoms with Crippen LogP contribution in [0.25, 0.3) is 11.2 Å². The number of fused-ring (bicyclic) bond motifs is 1. The molecule has 0 saturated carbocycles. The minimum Gasteiger partial charge on any atom is -0.390 e. The summed E-state index contributed by atoms with van der Waals surface area (Å²) in [5, 5.41) is 29.4. The number of ether oxygens (including phenoxy) is 1. The van der Waals surface area contributed by atoms with Crippen LogP contribution in [0.2, 0.25) is 0 Å². The van der Waals surface area contributed by atoms with Gasteiger partial charge in [0.15, 0.2) is 17.7 Å². The highest BCUT2D eigenvalue weighted by Gasteiger charge is 2.45. The molecule has 1 unspecified atom stereocenters. The number of aromatic nitrogens is 4. The molecule has 1 fully saturated rings. The van der Waals surface area contributed by atoms with E-state index < -0.39 is 44.6 Å². The number of aliphatic hydroxyl groups is 3. The van der Waals surface area contributed by atoms with Gasteiger partial charge in [0.05, 0.1) is 18.5 Å². The average molecular weight is 492 g/mol. The smallest absolute Gasteiger partial charge is 0.390 e. The Hall–Kier alpha value is -1.74. The molecule has 1 aliphatic rings. The lowest BCUT2D eigenvalue weighted by Crippen LogP contribution is -2.33. The quantitative estimate of drug-likeness (QED) is 0.229. The highest BCUT2D eigenvalue weighted by molar-refractivity contribution is 7.46. The van der Waals surface area contributed by atoms with Crippen molar-refractivity contribution in [2.45, 2.75) is 76.2 Å². The van der Waals surface area contributed by atoms with Crippen molar-refractivity contribution >= 4 is 24.8 Å². The first-order valence-electron chi connectivity index (χ1n) is 10.3. The fourth-order valence-corrected chi connectivity index (χ4v) is 3.52. The molecule has 1 aliphatic heterocycles. The van der Waals surface area contributed by atoms with E-state index in [1.165, 1.54) is 17.2 Å². The second-order valence-electron chi connectivity index (χ2n) is 8.60. The van der Waals surface area contributed by atoms with Gasteiger partial charge in [-0.05, 0) is 40.0 Å². The number of nitrogen functional groups attached to an aromatic ring is 1. The zero-order chi connectivity index (χ0) is 25.0. The van der Waals surface area contributed by atoms with Crippen LogP contribution in [0.4, 0.5) is 5.82 Å². The van der Waals surface area contributed by atoms with Crippen LogP contribution in [0, 0.1) is 0 Å². The third-order valence-electron chi connectivity index (χ3n) is 4.85. The second-order valence-corrected chi connectivity index (χ2v) is 9.84. The number of imidazole rings is 1. The van der Waals surface area contributed by atoms with E-state index in [1.807, 2.05) is 20.8 Å². The van der Waals surface area contributed by atoms with Crippen molar-refractivity contribution in [2.75, 3.05) is 12.3 Å². The van der Waals surface area contributed by atoms with Crippen LogP contribution < -0.4 is 11.5 Å². The van der Waals surface area contributed by atoms with Crippen LogP contribution in [0.5, 0.6) is 0 Å². The number of rotatable bonds is 8. The molecular formula is C18H33N6O8P. The summed E-state index contributed by atoms with van der Waals surface area (Å²) in [6.07, 6.45) is 0.371. The van der Waals surface area contributed by atoms with Crippen molar-refractivity contribution in [2.24, 2.45) is 5.73 Å². The summed E-state index contributed by atoms with van der Waals surface area (Å²) in [5.41, 5.74) is 11.3. The predicted molar refractivity (Wildman–Crippen MR) is 117 cm³/mol. The molecule has 2 aromatic rings. The highest BCUT2D eigenvalue weighted by Crippen LogP contribution is 2.38. The van der Waals surface area contributed by atoms with Gasteiger partial charge >= 0.3 is 7.82 Å². The average Bonchev–Trinajstić information content (AvgIpc) is 3.22. The van der Waals surface area contributed by atoms with Crippen LogP contribution in [-0.4, -0.2) is 81.2 Å². The van der Waals surface area contributed by atoms with Crippen LogP contribution in [-0.2, 0) is 13.8 Å². The van der Waals surface area contributed by atoms with E-state index in [1.54, 1.807) is 0 Å². The SMILES string of the molecule is CC(N)CCCC(C)(C)O.Nc1ncnc2c1ncn2[C@@H]1O[C@H](COP(=O)(O)O)[C@H](O)[C@H]1O. The Bertz CT molecular complexity index is 946. The lowest BCUT2D eigenvalue weighted by molar-refractivity contribution is -0.0504. The Morgan fingerprint density at radius 3 is 2.52 bits per heavy atom. The number of anilines is 1. The number of nitrogens with zero attached hydrogens (tertiary/aromatic N) is 4. The Labute approximate surface area is 190 Å². The topological polar surface area (TPSA) is 232 Å². The standard InChI is InChI=1S/C10H14N5O7P.C8H19NO/c11-8-5-9(13-2-12-8)15(3-14-5)10-7(17)6(16)4(22-10)1-21-23(18,19)20;1-7(9)5-4-6-8(2,3)10/h2-4,6-7,10,16-17H,1H2,(H2,11,12,13)(H2,18,19,20);7,10H,4-6,9H2,1-3H3/t4-,6+,7-,10-;/m1./s1. The monoisotopic (exact) mass is 492 g/mol. The van der Waals surface area contributed by atoms with Gasteiger partial charge in [0.2, 0.25) is 0 Å². The summed E-state index contributed by atoms with van der Waals surface area (Å²) in [6, 6.07) is 0.266. The van der Waals surface area contributed by atoms with Crippen LogP contribution in [0.1, 0.15) is 46.3 Å². The van der Waals surface area contributed by atoms with E-state index in [9.17, 15) is 19.9 Å². The fourth-order valence-electron chi connectivity index (χ4n) is 3.18. The maximum Gasteiger partial charge on any atom is 0.469 e. The van der Waals surface area contributed by atoms with Crippen LogP contribution in [0.3, 0.4) is 0 Å². The number of aliphatic hydroxyl groups excluding tert-OH is 2. The lowest BCUT2D eigenvalue weighted by Gasteiger charge is -2.16. The Morgan fingerprint density at radius 2 is 1.94 bits per heavy atom. The Morgan fingerprint density at radius 1 is 1.27 bits per heavy atom. The molecular weight excluding hydrogens is 459 g/mol. The number of phosphoric ester groups is 1. The van der Waals surface area contributed by atoms with Gasteiger partial charge in [0.1, 0.15) is 30.2 Å². The van der Waals surface area contributed by atoms with Gasteiger partial charge in [-0.15, -0.1) is 0 Å². The first-order chi connectivity index (χ1) is 15.2. The molecule has 9 N–H and O–H groups in total. The van der Waals surface area contributed by atoms with Gasteiger partial charge < -0.3 is 41.3 Å². The molecule has 188 valence electrons. The summed E-state index contributed by atoms with van der Waals surface area (Å²) in [7, 11) is -4.72. The van der Waals surface area contributed by atoms with Gasteiger partial charge in [0.25, 0.3) is 0 Å². The lowest BCUT2D eigenvalue weighted by atomic mass is 10.0. The summed E-state index contributed by atoms with van der Waals surface area (Å²) < 4.78 is 21.8. The second kappa shape index (κ2) is 11.1. The minimum atomic E-state index is -4.72. The van der Waals surface area contributed by atoms with Crippen molar-refractivity contribution in [1.82, 2.24) is 19.5 Å². The van der Waals surface area contributed by atoms with E-state index in [-0.39, 0.29) is 17.5 Å². The summed E-state index contributed by atoms with van der Waals surface area (Å²) in [6.45, 7) is 5.05. The Kier molecular flexibility index (Phi) is 9.27. The Balaban J connectivity index is 0.000000328. The molecule has 14 nitrogen and oxygen atoms in total. The molecule has 2 aromatic heterocycles. The number of hydrogen-bond donors (Lipinski definition) is 7. The van der Waals surface area contributed by atoms with Gasteiger partial charge in [-0.1, -0.05) is 0 Å². The van der Waals surface area contributed by atoms with Gasteiger partial charge in [-0.3, -0.25) is 9.09 Å². The molecule has 3 heterocycles. The first kappa shape index (κ1) is 27.5. The van der Waals surface area contributed by atoms with Gasteiger partial charge in [0, 0.05) is 6.04 Å². The molecule has 3 rings (SSSR count). The normalized spacial score (nSPS) is 24.5.